The van der Waals surface area contributed by atoms with Crippen LogP contribution in [-0.2, 0) is 9.53 Å². The molecule has 24 heavy (non-hydrogen) atoms. The molecule has 2 aromatic rings. The molecule has 0 saturated carbocycles. The van der Waals surface area contributed by atoms with Crippen molar-refractivity contribution in [3.05, 3.63) is 46.7 Å². The Kier molecular flexibility index (Phi) is 7.34. The summed E-state index contributed by atoms with van der Waals surface area (Å²) in [5.41, 5.74) is 1.77. The third-order valence-corrected chi connectivity index (χ3v) is 3.99. The number of hydrogen-bond donors (Lipinski definition) is 0. The highest BCUT2D eigenvalue weighted by atomic mass is 35.5. The number of nitrogens with zero attached hydrogens (tertiary/aromatic N) is 2. The molecule has 0 spiro atoms. The van der Waals surface area contributed by atoms with Gasteiger partial charge in [-0.3, -0.25) is 4.79 Å². The van der Waals surface area contributed by atoms with Crippen molar-refractivity contribution < 1.29 is 14.3 Å². The Bertz CT molecular complexity index is 660. The van der Waals surface area contributed by atoms with Gasteiger partial charge in [-0.25, -0.2) is 9.97 Å². The zero-order valence-electron chi connectivity index (χ0n) is 13.6. The molecule has 0 N–H and O–H groups in total. The highest BCUT2D eigenvalue weighted by Crippen LogP contribution is 2.16. The van der Waals surface area contributed by atoms with Crippen LogP contribution in [0.4, 0.5) is 0 Å². The predicted octanol–water partition coefficient (Wildman–Crippen LogP) is 3.85. The maximum Gasteiger partial charge on any atom is 0.316 e. The summed E-state index contributed by atoms with van der Waals surface area (Å²) in [5, 5.41) is 1.26. The third kappa shape index (κ3) is 6.76. The van der Waals surface area contributed by atoms with E-state index < -0.39 is 0 Å². The Balaban J connectivity index is 1.60. The average molecular weight is 367 g/mol. The van der Waals surface area contributed by atoms with Crippen LogP contribution in [-0.4, -0.2) is 34.9 Å². The summed E-state index contributed by atoms with van der Waals surface area (Å²) >= 11 is 7.08. The van der Waals surface area contributed by atoms with Gasteiger partial charge in [-0.05, 0) is 44.2 Å². The Labute approximate surface area is 150 Å². The van der Waals surface area contributed by atoms with Gasteiger partial charge in [0.25, 0.3) is 0 Å². The lowest BCUT2D eigenvalue weighted by Gasteiger charge is -2.07. The lowest BCUT2D eigenvalue weighted by atomic mass is 10.3. The summed E-state index contributed by atoms with van der Waals surface area (Å²) in [7, 11) is 0. The van der Waals surface area contributed by atoms with E-state index in [2.05, 4.69) is 9.97 Å². The SMILES string of the molecule is Cc1cc(C)nc(SCC(=O)OCCCOc2ccc(Cl)cc2)n1. The molecule has 5 nitrogen and oxygen atoms in total. The predicted molar refractivity (Wildman–Crippen MR) is 94.8 cm³/mol. The van der Waals surface area contributed by atoms with Gasteiger partial charge in [-0.15, -0.1) is 0 Å². The number of aromatic nitrogens is 2. The number of rotatable bonds is 8. The van der Waals surface area contributed by atoms with Gasteiger partial charge in [-0.1, -0.05) is 23.4 Å². The molecule has 0 bridgehead atoms. The summed E-state index contributed by atoms with van der Waals surface area (Å²) in [6.07, 6.45) is 0.624. The van der Waals surface area contributed by atoms with Crippen molar-refractivity contribution in [2.75, 3.05) is 19.0 Å². The van der Waals surface area contributed by atoms with E-state index in [4.69, 9.17) is 21.1 Å². The second-order valence-corrected chi connectivity index (χ2v) is 6.48. The van der Waals surface area contributed by atoms with E-state index in [1.54, 1.807) is 24.3 Å². The topological polar surface area (TPSA) is 61.3 Å². The molecule has 0 aliphatic rings. The highest BCUT2D eigenvalue weighted by Gasteiger charge is 2.07. The second-order valence-electron chi connectivity index (χ2n) is 5.10. The fraction of sp³-hybridized carbons (Fsp3) is 0.353. The molecular weight excluding hydrogens is 348 g/mol. The van der Waals surface area contributed by atoms with Crippen LogP contribution in [0.5, 0.6) is 5.75 Å². The number of carbonyl (C=O) groups is 1. The Morgan fingerprint density at radius 3 is 2.46 bits per heavy atom. The molecule has 1 heterocycles. The number of aryl methyl sites for hydroxylation is 2. The van der Waals surface area contributed by atoms with Gasteiger partial charge in [-0.2, -0.15) is 0 Å². The molecule has 7 heteroatoms. The normalized spacial score (nSPS) is 10.5. The number of ether oxygens (including phenoxy) is 2. The van der Waals surface area contributed by atoms with Crippen molar-refractivity contribution in [2.24, 2.45) is 0 Å². The number of carbonyl (C=O) groups excluding carboxylic acids is 1. The fourth-order valence-corrected chi connectivity index (χ4v) is 2.76. The maximum atomic E-state index is 11.7. The van der Waals surface area contributed by atoms with Gasteiger partial charge in [0.05, 0.1) is 19.0 Å². The van der Waals surface area contributed by atoms with Crippen molar-refractivity contribution >= 4 is 29.3 Å². The quantitative estimate of drug-likeness (QED) is 0.306. The largest absolute Gasteiger partial charge is 0.493 e. The first kappa shape index (κ1) is 18.5. The summed E-state index contributed by atoms with van der Waals surface area (Å²) < 4.78 is 10.7. The van der Waals surface area contributed by atoms with Crippen LogP contribution >= 0.6 is 23.4 Å². The summed E-state index contributed by atoms with van der Waals surface area (Å²) in [4.78, 5) is 20.2. The Morgan fingerprint density at radius 2 is 1.79 bits per heavy atom. The Morgan fingerprint density at radius 1 is 1.12 bits per heavy atom. The Hall–Kier alpha value is -1.79. The van der Waals surface area contributed by atoms with Crippen LogP contribution in [0.3, 0.4) is 0 Å². The lowest BCUT2D eigenvalue weighted by Crippen LogP contribution is -2.11. The molecule has 0 aliphatic carbocycles. The first-order chi connectivity index (χ1) is 11.5. The van der Waals surface area contributed by atoms with Gasteiger partial charge < -0.3 is 9.47 Å². The van der Waals surface area contributed by atoms with Crippen LogP contribution in [0.1, 0.15) is 17.8 Å². The highest BCUT2D eigenvalue weighted by molar-refractivity contribution is 7.99. The van der Waals surface area contributed by atoms with E-state index in [0.29, 0.717) is 29.8 Å². The lowest BCUT2D eigenvalue weighted by molar-refractivity contribution is -0.140. The van der Waals surface area contributed by atoms with Gasteiger partial charge in [0.15, 0.2) is 5.16 Å². The van der Waals surface area contributed by atoms with E-state index in [1.165, 1.54) is 11.8 Å². The van der Waals surface area contributed by atoms with Crippen molar-refractivity contribution in [3.8, 4) is 5.75 Å². The van der Waals surface area contributed by atoms with E-state index in [-0.39, 0.29) is 11.7 Å². The van der Waals surface area contributed by atoms with Crippen LogP contribution < -0.4 is 4.74 Å². The number of thioether (sulfide) groups is 1. The van der Waals surface area contributed by atoms with Crippen molar-refractivity contribution in [1.29, 1.82) is 0 Å². The van der Waals surface area contributed by atoms with Crippen LogP contribution in [0.15, 0.2) is 35.5 Å². The van der Waals surface area contributed by atoms with Gasteiger partial charge in [0, 0.05) is 22.8 Å². The average Bonchev–Trinajstić information content (AvgIpc) is 2.53. The monoisotopic (exact) mass is 366 g/mol. The number of halogens is 1. The van der Waals surface area contributed by atoms with Gasteiger partial charge in [0.2, 0.25) is 0 Å². The standard InChI is InChI=1S/C17H19ClN2O3S/c1-12-10-13(2)20-17(19-12)24-11-16(21)23-9-3-8-22-15-6-4-14(18)5-7-15/h4-7,10H,3,8-9,11H2,1-2H3. The molecule has 0 fully saturated rings. The molecule has 2 rings (SSSR count). The summed E-state index contributed by atoms with van der Waals surface area (Å²) in [5.74, 6) is 0.656. The smallest absolute Gasteiger partial charge is 0.316 e. The molecule has 1 aromatic heterocycles. The summed E-state index contributed by atoms with van der Waals surface area (Å²) in [6.45, 7) is 4.60. The number of benzene rings is 1. The molecule has 0 radical (unpaired) electrons. The summed E-state index contributed by atoms with van der Waals surface area (Å²) in [6, 6.07) is 9.03. The molecule has 0 saturated heterocycles. The van der Waals surface area contributed by atoms with Gasteiger partial charge in [0.1, 0.15) is 5.75 Å². The van der Waals surface area contributed by atoms with Crippen molar-refractivity contribution in [1.82, 2.24) is 9.97 Å². The molecular formula is C17H19ClN2O3S. The van der Waals surface area contributed by atoms with E-state index in [9.17, 15) is 4.79 Å². The minimum absolute atomic E-state index is 0.195. The maximum absolute atomic E-state index is 11.7. The first-order valence-corrected chi connectivity index (χ1v) is 8.88. The van der Waals surface area contributed by atoms with Gasteiger partial charge >= 0.3 is 5.97 Å². The number of esters is 1. The van der Waals surface area contributed by atoms with E-state index >= 15 is 0 Å². The van der Waals surface area contributed by atoms with Crippen molar-refractivity contribution in [3.63, 3.8) is 0 Å². The molecule has 0 aliphatic heterocycles. The minimum atomic E-state index is -0.283. The van der Waals surface area contributed by atoms with E-state index in [1.807, 2.05) is 19.9 Å². The molecule has 128 valence electrons. The third-order valence-electron chi connectivity index (χ3n) is 2.91. The fourth-order valence-electron chi connectivity index (χ4n) is 1.89. The van der Waals surface area contributed by atoms with Crippen LogP contribution in [0.2, 0.25) is 5.02 Å². The minimum Gasteiger partial charge on any atom is -0.493 e. The first-order valence-electron chi connectivity index (χ1n) is 7.52. The van der Waals surface area contributed by atoms with Crippen LogP contribution in [0, 0.1) is 13.8 Å². The molecule has 1 aromatic carbocycles. The zero-order chi connectivity index (χ0) is 17.4. The second kappa shape index (κ2) is 9.49. The van der Waals surface area contributed by atoms with Crippen molar-refractivity contribution in [2.45, 2.75) is 25.4 Å². The van der Waals surface area contributed by atoms with E-state index in [0.717, 1.165) is 17.1 Å². The van der Waals surface area contributed by atoms with Crippen LogP contribution in [0.25, 0.3) is 0 Å². The number of hydrogen-bond acceptors (Lipinski definition) is 6. The molecule has 0 unspecified atom stereocenters. The molecule has 0 atom stereocenters. The zero-order valence-corrected chi connectivity index (χ0v) is 15.2. The molecule has 0 amide bonds.